The summed E-state index contributed by atoms with van der Waals surface area (Å²) < 4.78 is 25.4. The third-order valence-corrected chi connectivity index (χ3v) is 10.6. The van der Waals surface area contributed by atoms with Crippen molar-refractivity contribution in [3.8, 4) is 0 Å². The lowest BCUT2D eigenvalue weighted by molar-refractivity contribution is -0.263. The van der Waals surface area contributed by atoms with Gasteiger partial charge in [-0.3, -0.25) is 14.5 Å². The van der Waals surface area contributed by atoms with Crippen LogP contribution in [0.3, 0.4) is 0 Å². The van der Waals surface area contributed by atoms with Crippen LogP contribution >= 0.6 is 0 Å². The summed E-state index contributed by atoms with van der Waals surface area (Å²) in [7, 11) is 8.02. The largest absolute Gasteiger partial charge is 0.463 e. The van der Waals surface area contributed by atoms with Crippen LogP contribution in [0.1, 0.15) is 87.5 Å². The number of carbonyl (C=O) groups excluding carboxylic acids is 2. The smallest absolute Gasteiger partial charge is 0.319 e. The summed E-state index contributed by atoms with van der Waals surface area (Å²) in [5.74, 6) is -0.672. The van der Waals surface area contributed by atoms with E-state index >= 15 is 0 Å². The second-order valence-electron chi connectivity index (χ2n) is 15.2. The van der Waals surface area contributed by atoms with Crippen molar-refractivity contribution in [3.05, 3.63) is 0 Å². The van der Waals surface area contributed by atoms with Crippen molar-refractivity contribution < 1.29 is 28.5 Å². The molecule has 3 fully saturated rings. The number of piperidine rings is 1. The lowest BCUT2D eigenvalue weighted by Crippen LogP contribution is -2.55. The van der Waals surface area contributed by atoms with E-state index in [1.807, 2.05) is 6.92 Å². The fourth-order valence-corrected chi connectivity index (χ4v) is 7.83. The molecule has 9 atom stereocenters. The molecule has 0 aliphatic carbocycles. The van der Waals surface area contributed by atoms with E-state index in [0.29, 0.717) is 30.8 Å². The molecule has 0 amide bonds. The van der Waals surface area contributed by atoms with E-state index in [9.17, 15) is 9.59 Å². The summed E-state index contributed by atoms with van der Waals surface area (Å²) in [6.45, 7) is 19.3. The van der Waals surface area contributed by atoms with Gasteiger partial charge in [-0.1, -0.05) is 13.8 Å². The third-order valence-electron chi connectivity index (χ3n) is 10.6. The molecule has 0 N–H and O–H groups in total. The Labute approximate surface area is 262 Å². The van der Waals surface area contributed by atoms with Crippen LogP contribution in [-0.4, -0.2) is 123 Å². The highest BCUT2D eigenvalue weighted by molar-refractivity contribution is 6.04. The van der Waals surface area contributed by atoms with Crippen LogP contribution in [0, 0.1) is 23.2 Å². The van der Waals surface area contributed by atoms with Gasteiger partial charge in [0.2, 0.25) is 0 Å². The maximum atomic E-state index is 14.2. The van der Waals surface area contributed by atoms with Crippen molar-refractivity contribution in [1.82, 2.24) is 14.7 Å². The Hall–Kier alpha value is -1.10. The average molecular weight is 610 g/mol. The van der Waals surface area contributed by atoms with Gasteiger partial charge in [0.25, 0.3) is 0 Å². The molecular weight excluding hydrogens is 546 g/mol. The number of hydrogen-bond donors (Lipinski definition) is 0. The Morgan fingerprint density at radius 2 is 1.72 bits per heavy atom. The van der Waals surface area contributed by atoms with Gasteiger partial charge < -0.3 is 28.7 Å². The molecule has 3 heterocycles. The molecule has 9 heteroatoms. The summed E-state index contributed by atoms with van der Waals surface area (Å²) in [5.41, 5.74) is -2.11. The first-order chi connectivity index (χ1) is 20.0. The lowest BCUT2D eigenvalue weighted by Gasteiger charge is -2.46. The monoisotopic (exact) mass is 609 g/mol. The fourth-order valence-electron chi connectivity index (χ4n) is 7.83. The van der Waals surface area contributed by atoms with E-state index in [1.165, 1.54) is 0 Å². The van der Waals surface area contributed by atoms with E-state index in [2.05, 4.69) is 70.5 Å². The SMILES string of the molecule is CO[C@]1(C)C[C@@H](C)CN(C)C(C2CCCN(C(C)C)C2)COC(=O)C(C)(C)C(=O)[C@H](C)[C@H]1O[C@H]1C[C@@H](N(C)C)C[C@@H](C)O1. The summed E-state index contributed by atoms with van der Waals surface area (Å²) in [6, 6.07) is 0.856. The highest BCUT2D eigenvalue weighted by Crippen LogP contribution is 2.38. The molecule has 0 aromatic rings. The van der Waals surface area contributed by atoms with Crippen molar-refractivity contribution in [2.75, 3.05) is 54.5 Å². The number of nitrogens with zero attached hydrogens (tertiary/aromatic N) is 3. The molecule has 3 aliphatic rings. The molecule has 3 rings (SSSR count). The van der Waals surface area contributed by atoms with Crippen LogP contribution in [0.15, 0.2) is 0 Å². The second-order valence-corrected chi connectivity index (χ2v) is 15.2. The van der Waals surface area contributed by atoms with Gasteiger partial charge in [0, 0.05) is 50.7 Å². The van der Waals surface area contributed by atoms with Crippen molar-refractivity contribution in [2.24, 2.45) is 23.2 Å². The zero-order valence-corrected chi connectivity index (χ0v) is 29.4. The van der Waals surface area contributed by atoms with Gasteiger partial charge in [0.05, 0.1) is 17.8 Å². The number of ether oxygens (including phenoxy) is 4. The fraction of sp³-hybridized carbons (Fsp3) is 0.941. The maximum absolute atomic E-state index is 14.2. The van der Waals surface area contributed by atoms with Gasteiger partial charge in [0.15, 0.2) is 12.1 Å². The molecule has 0 spiro atoms. The molecule has 43 heavy (non-hydrogen) atoms. The molecule has 0 radical (unpaired) electrons. The van der Waals surface area contributed by atoms with Gasteiger partial charge in [-0.05, 0) is 107 Å². The number of likely N-dealkylation sites (tertiary alicyclic amines) is 1. The summed E-state index contributed by atoms with van der Waals surface area (Å²) >= 11 is 0. The maximum Gasteiger partial charge on any atom is 0.319 e. The Morgan fingerprint density at radius 3 is 2.33 bits per heavy atom. The number of esters is 1. The number of carbonyl (C=O) groups is 2. The van der Waals surface area contributed by atoms with Crippen LogP contribution in [0.25, 0.3) is 0 Å². The second kappa shape index (κ2) is 15.0. The average Bonchev–Trinajstić information content (AvgIpc) is 2.94. The number of hydrogen-bond acceptors (Lipinski definition) is 9. The molecule has 2 unspecified atom stereocenters. The highest BCUT2D eigenvalue weighted by Gasteiger charge is 2.50. The molecule has 0 saturated carbocycles. The molecule has 250 valence electrons. The van der Waals surface area contributed by atoms with Gasteiger partial charge in [-0.15, -0.1) is 0 Å². The van der Waals surface area contributed by atoms with Gasteiger partial charge >= 0.3 is 5.97 Å². The molecule has 0 aromatic heterocycles. The number of ketones is 1. The van der Waals surface area contributed by atoms with E-state index in [-0.39, 0.29) is 30.5 Å². The quantitative estimate of drug-likeness (QED) is 0.320. The third kappa shape index (κ3) is 8.79. The van der Waals surface area contributed by atoms with Gasteiger partial charge in [0.1, 0.15) is 12.0 Å². The Bertz CT molecular complexity index is 928. The van der Waals surface area contributed by atoms with Crippen molar-refractivity contribution in [3.63, 3.8) is 0 Å². The first-order valence-electron chi connectivity index (χ1n) is 16.7. The van der Waals surface area contributed by atoms with Crippen LogP contribution in [0.4, 0.5) is 0 Å². The summed E-state index contributed by atoms with van der Waals surface area (Å²) in [4.78, 5) is 35.0. The number of Topliss-reactive ketones (excluding diaryl/α,β-unsaturated/α-hetero) is 1. The molecule has 3 saturated heterocycles. The lowest BCUT2D eigenvalue weighted by atomic mass is 9.74. The van der Waals surface area contributed by atoms with Crippen molar-refractivity contribution in [2.45, 2.75) is 130 Å². The van der Waals surface area contributed by atoms with Crippen LogP contribution < -0.4 is 0 Å². The predicted molar refractivity (Wildman–Crippen MR) is 170 cm³/mol. The van der Waals surface area contributed by atoms with Crippen molar-refractivity contribution in [1.29, 1.82) is 0 Å². The number of likely N-dealkylation sites (N-methyl/N-ethyl adjacent to an activating group) is 1. The Balaban J connectivity index is 1.96. The van der Waals surface area contributed by atoms with E-state index in [0.717, 1.165) is 38.9 Å². The predicted octanol–water partition coefficient (Wildman–Crippen LogP) is 4.47. The summed E-state index contributed by atoms with van der Waals surface area (Å²) in [5, 5.41) is 0. The topological polar surface area (TPSA) is 80.8 Å². The standard InChI is InChI=1S/C34H63N3O6/c1-22(2)37-15-13-14-26(20-37)28-21-41-32(39)33(6,7)30(38)25(5)31(34(8,40-12)18-23(3)19-36(28)11)43-29-17-27(35(9)10)16-24(4)42-29/h22-29,31H,13-21H2,1-12H3/t23-,24-,25+,26?,27+,28?,29+,31-,34-/m1/s1. The first kappa shape index (κ1) is 36.4. The van der Waals surface area contributed by atoms with E-state index < -0.39 is 35.3 Å². The van der Waals surface area contributed by atoms with E-state index in [4.69, 9.17) is 18.9 Å². The molecule has 9 nitrogen and oxygen atoms in total. The number of rotatable bonds is 6. The zero-order chi connectivity index (χ0) is 32.3. The molecule has 0 bridgehead atoms. The molecule has 0 aromatic carbocycles. The Kier molecular flexibility index (Phi) is 12.7. The molecular formula is C34H63N3O6. The van der Waals surface area contributed by atoms with Crippen LogP contribution in [0.5, 0.6) is 0 Å². The zero-order valence-electron chi connectivity index (χ0n) is 29.4. The van der Waals surface area contributed by atoms with Crippen LogP contribution in [-0.2, 0) is 28.5 Å². The molecule has 3 aliphatic heterocycles. The number of methoxy groups -OCH3 is 1. The minimum absolute atomic E-state index is 0.0306. The minimum Gasteiger partial charge on any atom is -0.463 e. The van der Waals surface area contributed by atoms with E-state index in [1.54, 1.807) is 21.0 Å². The number of cyclic esters (lactones) is 1. The minimum atomic E-state index is -1.33. The van der Waals surface area contributed by atoms with Crippen LogP contribution in [0.2, 0.25) is 0 Å². The normalized spacial score (nSPS) is 39.7. The Morgan fingerprint density at radius 1 is 1.05 bits per heavy atom. The van der Waals surface area contributed by atoms with Gasteiger partial charge in [-0.25, -0.2) is 0 Å². The summed E-state index contributed by atoms with van der Waals surface area (Å²) in [6.07, 6.45) is 3.50. The van der Waals surface area contributed by atoms with Gasteiger partial charge in [-0.2, -0.15) is 0 Å². The first-order valence-corrected chi connectivity index (χ1v) is 16.7. The van der Waals surface area contributed by atoms with Crippen molar-refractivity contribution >= 4 is 11.8 Å². The highest BCUT2D eigenvalue weighted by atomic mass is 16.7.